The maximum Gasteiger partial charge on any atom is 0.131 e. The van der Waals surface area contributed by atoms with Gasteiger partial charge in [-0.05, 0) is 31.9 Å². The molecule has 1 aromatic rings. The third-order valence-electron chi connectivity index (χ3n) is 4.05. The largest absolute Gasteiger partial charge is 0.310 e. The van der Waals surface area contributed by atoms with Crippen molar-refractivity contribution in [3.05, 3.63) is 35.9 Å². The van der Waals surface area contributed by atoms with Gasteiger partial charge in [0.1, 0.15) is 5.54 Å². The molecule has 3 heteroatoms. The zero-order valence-electron chi connectivity index (χ0n) is 11.0. The van der Waals surface area contributed by atoms with Gasteiger partial charge in [-0.1, -0.05) is 36.8 Å². The smallest absolute Gasteiger partial charge is 0.131 e. The van der Waals surface area contributed by atoms with Crippen LogP contribution in [0.3, 0.4) is 0 Å². The molecule has 1 aliphatic rings. The van der Waals surface area contributed by atoms with Crippen molar-refractivity contribution >= 4 is 0 Å². The minimum absolute atomic E-state index is 0.681. The van der Waals surface area contributed by atoms with E-state index in [0.717, 1.165) is 12.1 Å². The van der Waals surface area contributed by atoms with Crippen molar-refractivity contribution in [2.75, 3.05) is 13.6 Å². The highest BCUT2D eigenvalue weighted by Gasteiger charge is 2.29. The summed E-state index contributed by atoms with van der Waals surface area (Å²) in [4.78, 5) is 2.34. The lowest BCUT2D eigenvalue weighted by molar-refractivity contribution is 0.151. The summed E-state index contributed by atoms with van der Waals surface area (Å²) in [5.74, 6) is 0. The average molecular weight is 243 g/mol. The molecule has 0 amide bonds. The highest BCUT2D eigenvalue weighted by atomic mass is 15.1. The first-order chi connectivity index (χ1) is 8.65. The van der Waals surface area contributed by atoms with E-state index in [2.05, 4.69) is 18.0 Å². The molecule has 0 heterocycles. The molecule has 1 aromatic carbocycles. The maximum absolute atomic E-state index is 9.37. The van der Waals surface area contributed by atoms with Crippen LogP contribution in [-0.4, -0.2) is 24.5 Å². The average Bonchev–Trinajstić information content (AvgIpc) is 2.35. The first kappa shape index (κ1) is 13.1. The number of benzene rings is 1. The Morgan fingerprint density at radius 2 is 2.06 bits per heavy atom. The summed E-state index contributed by atoms with van der Waals surface area (Å²) in [6.07, 6.45) is 4.58. The third-order valence-corrected chi connectivity index (χ3v) is 4.05. The third kappa shape index (κ3) is 2.72. The molecule has 0 aromatic heterocycles. The molecule has 1 atom stereocenters. The summed E-state index contributed by atoms with van der Waals surface area (Å²) < 4.78 is 0. The lowest BCUT2D eigenvalue weighted by Crippen LogP contribution is -2.43. The number of nitrogens with two attached hydrogens (primary N) is 1. The molecule has 0 bridgehead atoms. The topological polar surface area (TPSA) is 53.0 Å². The van der Waals surface area contributed by atoms with E-state index in [9.17, 15) is 5.26 Å². The lowest BCUT2D eigenvalue weighted by Gasteiger charge is -2.36. The van der Waals surface area contributed by atoms with Crippen LogP contribution < -0.4 is 5.73 Å². The summed E-state index contributed by atoms with van der Waals surface area (Å²) in [5, 5.41) is 9.37. The summed E-state index contributed by atoms with van der Waals surface area (Å²) in [5.41, 5.74) is 6.29. The summed E-state index contributed by atoms with van der Waals surface area (Å²) in [6.45, 7) is 0.879. The zero-order valence-corrected chi connectivity index (χ0v) is 11.0. The van der Waals surface area contributed by atoms with Crippen molar-refractivity contribution in [3.8, 4) is 6.07 Å². The van der Waals surface area contributed by atoms with Crippen molar-refractivity contribution in [2.24, 2.45) is 5.73 Å². The zero-order chi connectivity index (χ0) is 13.0. The lowest BCUT2D eigenvalue weighted by atomic mass is 9.87. The van der Waals surface area contributed by atoms with Gasteiger partial charge in [-0.2, -0.15) is 5.26 Å². The summed E-state index contributed by atoms with van der Waals surface area (Å²) in [6, 6.07) is 12.7. The first-order valence-corrected chi connectivity index (χ1v) is 6.61. The van der Waals surface area contributed by atoms with E-state index in [-0.39, 0.29) is 0 Å². The fourth-order valence-corrected chi connectivity index (χ4v) is 2.36. The molecule has 3 nitrogen and oxygen atoms in total. The number of hydrogen-bond acceptors (Lipinski definition) is 3. The molecule has 0 aliphatic heterocycles. The van der Waals surface area contributed by atoms with Gasteiger partial charge >= 0.3 is 0 Å². The Balaban J connectivity index is 1.98. The predicted octanol–water partition coefficient (Wildman–Crippen LogP) is 2.24. The van der Waals surface area contributed by atoms with Crippen LogP contribution in [0.25, 0.3) is 0 Å². The van der Waals surface area contributed by atoms with Crippen LogP contribution in [0.5, 0.6) is 0 Å². The van der Waals surface area contributed by atoms with Gasteiger partial charge in [0.05, 0.1) is 6.07 Å². The quantitative estimate of drug-likeness (QED) is 0.863. The van der Waals surface area contributed by atoms with Crippen LogP contribution in [-0.2, 0) is 5.54 Å². The Morgan fingerprint density at radius 1 is 1.39 bits per heavy atom. The first-order valence-electron chi connectivity index (χ1n) is 6.61. The minimum Gasteiger partial charge on any atom is -0.310 e. The highest BCUT2D eigenvalue weighted by Crippen LogP contribution is 2.26. The standard InChI is InChI=1S/C15H21N3/c1-18(14-8-5-9-14)11-10-15(17,12-16)13-6-3-2-4-7-13/h2-4,6-7,14H,5,8-11,17H2,1H3. The van der Waals surface area contributed by atoms with Gasteiger partial charge in [-0.15, -0.1) is 0 Å². The fourth-order valence-electron chi connectivity index (χ4n) is 2.36. The Bertz CT molecular complexity index is 419. The van der Waals surface area contributed by atoms with Gasteiger partial charge in [0.25, 0.3) is 0 Å². The van der Waals surface area contributed by atoms with Crippen molar-refractivity contribution in [2.45, 2.75) is 37.3 Å². The van der Waals surface area contributed by atoms with Gasteiger partial charge in [0.2, 0.25) is 0 Å². The Labute approximate surface area is 109 Å². The maximum atomic E-state index is 9.37. The van der Waals surface area contributed by atoms with Crippen LogP contribution in [0.4, 0.5) is 0 Å². The molecular weight excluding hydrogens is 222 g/mol. The van der Waals surface area contributed by atoms with Gasteiger partial charge in [0, 0.05) is 12.6 Å². The molecular formula is C15H21N3. The summed E-state index contributed by atoms with van der Waals surface area (Å²) >= 11 is 0. The fraction of sp³-hybridized carbons (Fsp3) is 0.533. The van der Waals surface area contributed by atoms with Crippen LogP contribution in [0.15, 0.2) is 30.3 Å². The van der Waals surface area contributed by atoms with Crippen LogP contribution in [0, 0.1) is 11.3 Å². The van der Waals surface area contributed by atoms with Gasteiger partial charge in [-0.25, -0.2) is 0 Å². The molecule has 2 N–H and O–H groups in total. The van der Waals surface area contributed by atoms with E-state index in [4.69, 9.17) is 5.73 Å². The van der Waals surface area contributed by atoms with E-state index >= 15 is 0 Å². The predicted molar refractivity (Wildman–Crippen MR) is 72.8 cm³/mol. The van der Waals surface area contributed by atoms with Crippen LogP contribution >= 0.6 is 0 Å². The van der Waals surface area contributed by atoms with E-state index in [1.165, 1.54) is 19.3 Å². The van der Waals surface area contributed by atoms with Gasteiger partial charge in [0.15, 0.2) is 0 Å². The van der Waals surface area contributed by atoms with E-state index in [0.29, 0.717) is 12.5 Å². The number of hydrogen-bond donors (Lipinski definition) is 1. The number of nitriles is 1. The minimum atomic E-state index is -0.862. The van der Waals surface area contributed by atoms with Gasteiger partial charge in [-0.3, -0.25) is 0 Å². The second-order valence-corrected chi connectivity index (χ2v) is 5.26. The number of rotatable bonds is 5. The highest BCUT2D eigenvalue weighted by molar-refractivity contribution is 5.30. The van der Waals surface area contributed by atoms with Crippen molar-refractivity contribution < 1.29 is 0 Å². The molecule has 1 aliphatic carbocycles. The van der Waals surface area contributed by atoms with Crippen LogP contribution in [0.1, 0.15) is 31.2 Å². The van der Waals surface area contributed by atoms with E-state index < -0.39 is 5.54 Å². The van der Waals surface area contributed by atoms with E-state index in [1.807, 2.05) is 30.3 Å². The van der Waals surface area contributed by atoms with Crippen molar-refractivity contribution in [1.82, 2.24) is 4.90 Å². The Morgan fingerprint density at radius 3 is 2.56 bits per heavy atom. The molecule has 0 saturated heterocycles. The molecule has 1 fully saturated rings. The van der Waals surface area contributed by atoms with Crippen LogP contribution in [0.2, 0.25) is 0 Å². The Kier molecular flexibility index (Phi) is 4.00. The Hall–Kier alpha value is -1.37. The van der Waals surface area contributed by atoms with Gasteiger partial charge < -0.3 is 10.6 Å². The second-order valence-electron chi connectivity index (χ2n) is 5.26. The van der Waals surface area contributed by atoms with E-state index in [1.54, 1.807) is 0 Å². The molecule has 2 rings (SSSR count). The molecule has 1 saturated carbocycles. The molecule has 0 spiro atoms. The van der Waals surface area contributed by atoms with Crippen molar-refractivity contribution in [1.29, 1.82) is 5.26 Å². The molecule has 1 unspecified atom stereocenters. The van der Waals surface area contributed by atoms with Crippen molar-refractivity contribution in [3.63, 3.8) is 0 Å². The number of nitrogens with zero attached hydrogens (tertiary/aromatic N) is 2. The summed E-state index contributed by atoms with van der Waals surface area (Å²) in [7, 11) is 2.13. The molecule has 96 valence electrons. The SMILES string of the molecule is CN(CCC(N)(C#N)c1ccccc1)C1CCC1. The second kappa shape index (κ2) is 5.51. The normalized spacial score (nSPS) is 19.0. The monoisotopic (exact) mass is 243 g/mol. The molecule has 0 radical (unpaired) electrons. The molecule has 18 heavy (non-hydrogen) atoms.